The van der Waals surface area contributed by atoms with E-state index in [0.717, 1.165) is 11.3 Å². The molecule has 0 amide bonds. The molecule has 0 bridgehead atoms. The van der Waals surface area contributed by atoms with Crippen LogP contribution in [0.3, 0.4) is 0 Å². The number of rotatable bonds is 7. The van der Waals surface area contributed by atoms with Gasteiger partial charge >= 0.3 is 0 Å². The minimum absolute atomic E-state index is 0.0340. The van der Waals surface area contributed by atoms with Crippen molar-refractivity contribution in [3.63, 3.8) is 0 Å². The topological polar surface area (TPSA) is 150 Å². The van der Waals surface area contributed by atoms with Gasteiger partial charge in [0.1, 0.15) is 5.82 Å². The van der Waals surface area contributed by atoms with Gasteiger partial charge in [0.2, 0.25) is 17.8 Å². The van der Waals surface area contributed by atoms with E-state index in [1.165, 1.54) is 11.8 Å². The summed E-state index contributed by atoms with van der Waals surface area (Å²) < 4.78 is 28.8. The van der Waals surface area contributed by atoms with Crippen LogP contribution in [0.15, 0.2) is 33.9 Å². The van der Waals surface area contributed by atoms with Crippen molar-refractivity contribution >= 4 is 39.2 Å². The smallest absolute Gasteiger partial charge is 0.277 e. The number of benzene rings is 1. The van der Waals surface area contributed by atoms with Gasteiger partial charge in [-0.05, 0) is 30.9 Å². The van der Waals surface area contributed by atoms with Crippen LogP contribution in [0, 0.1) is 12.8 Å². The van der Waals surface area contributed by atoms with Gasteiger partial charge in [-0.15, -0.1) is 10.2 Å². The van der Waals surface area contributed by atoms with Crippen molar-refractivity contribution in [2.75, 3.05) is 22.6 Å². The van der Waals surface area contributed by atoms with E-state index in [-0.39, 0.29) is 23.4 Å². The average molecular weight is 448 g/mol. The predicted octanol–water partition coefficient (Wildman–Crippen LogP) is 2.16. The molecule has 1 saturated heterocycles. The van der Waals surface area contributed by atoms with E-state index in [1.54, 1.807) is 0 Å². The Morgan fingerprint density at radius 3 is 2.83 bits per heavy atom. The maximum atomic E-state index is 11.6. The van der Waals surface area contributed by atoms with Crippen LogP contribution in [0.1, 0.15) is 23.7 Å². The highest BCUT2D eigenvalue weighted by atomic mass is 32.2. The Bertz CT molecular complexity index is 1150. The zero-order valence-electron chi connectivity index (χ0n) is 16.3. The fourth-order valence-corrected chi connectivity index (χ4v) is 5.67. The van der Waals surface area contributed by atoms with Crippen molar-refractivity contribution in [2.45, 2.75) is 30.7 Å². The van der Waals surface area contributed by atoms with Gasteiger partial charge in [0.25, 0.3) is 5.22 Å². The first-order chi connectivity index (χ1) is 14.4. The summed E-state index contributed by atoms with van der Waals surface area (Å²) in [6, 6.07) is 7.79. The van der Waals surface area contributed by atoms with E-state index >= 15 is 0 Å². The second kappa shape index (κ2) is 8.56. The molecule has 10 nitrogen and oxygen atoms in total. The second-order valence-electron chi connectivity index (χ2n) is 7.10. The lowest BCUT2D eigenvalue weighted by molar-refractivity contribution is 0.389. The largest absolute Gasteiger partial charge is 0.416 e. The lowest BCUT2D eigenvalue weighted by Gasteiger charge is -2.09. The van der Waals surface area contributed by atoms with Crippen LogP contribution in [0.4, 0.5) is 17.6 Å². The molecule has 3 aromatic rings. The molecule has 0 spiro atoms. The number of sulfone groups is 1. The first-order valence-corrected chi connectivity index (χ1v) is 12.2. The zero-order valence-corrected chi connectivity index (χ0v) is 17.9. The number of aromatic nitrogens is 5. The molecule has 1 atom stereocenters. The number of para-hydroxylation sites is 1. The van der Waals surface area contributed by atoms with Gasteiger partial charge in [0.15, 0.2) is 9.84 Å². The number of nitrogens with two attached hydrogens (primary N) is 1. The maximum Gasteiger partial charge on any atom is 0.277 e. The van der Waals surface area contributed by atoms with E-state index in [2.05, 4.69) is 30.5 Å². The maximum absolute atomic E-state index is 11.6. The normalized spacial score (nSPS) is 17.8. The van der Waals surface area contributed by atoms with Gasteiger partial charge in [-0.3, -0.25) is 0 Å². The highest BCUT2D eigenvalue weighted by Crippen LogP contribution is 2.25. The third-order valence-electron chi connectivity index (χ3n) is 4.65. The Balaban J connectivity index is 1.38. The molecule has 30 heavy (non-hydrogen) atoms. The van der Waals surface area contributed by atoms with Crippen molar-refractivity contribution < 1.29 is 12.8 Å². The standard InChI is InChI=1S/C18H21N7O3S2/c1-11-4-2-3-5-13(11)20-17-22-14(21-16(19)23-17)9-29-18-25-24-15(28-18)8-12-6-7-30(26,27)10-12/h2-5,12H,6-10H2,1H3,(H3,19,20,21,22,23)/t12-/m1/s1. The fourth-order valence-electron chi connectivity index (χ4n) is 3.18. The van der Waals surface area contributed by atoms with Gasteiger partial charge in [-0.2, -0.15) is 15.0 Å². The van der Waals surface area contributed by atoms with E-state index in [1.807, 2.05) is 31.2 Å². The molecule has 3 N–H and O–H groups in total. The molecular formula is C18H21N7O3S2. The Kier molecular flexibility index (Phi) is 5.86. The molecule has 2 aromatic heterocycles. The zero-order chi connectivity index (χ0) is 21.1. The van der Waals surface area contributed by atoms with E-state index in [4.69, 9.17) is 10.2 Å². The Hall–Kier alpha value is -2.73. The number of nitrogens with zero attached hydrogens (tertiary/aromatic N) is 5. The summed E-state index contributed by atoms with van der Waals surface area (Å²) in [6.45, 7) is 1.98. The average Bonchev–Trinajstić information content (AvgIpc) is 3.27. The van der Waals surface area contributed by atoms with Crippen molar-refractivity contribution in [1.82, 2.24) is 25.1 Å². The first-order valence-electron chi connectivity index (χ1n) is 9.35. The third kappa shape index (κ3) is 5.25. The van der Waals surface area contributed by atoms with Crippen molar-refractivity contribution in [1.29, 1.82) is 0 Å². The lowest BCUT2D eigenvalue weighted by Crippen LogP contribution is -2.07. The van der Waals surface area contributed by atoms with Crippen LogP contribution in [0.5, 0.6) is 0 Å². The number of hydrogen-bond donors (Lipinski definition) is 2. The quantitative estimate of drug-likeness (QED) is 0.513. The first kappa shape index (κ1) is 20.5. The summed E-state index contributed by atoms with van der Waals surface area (Å²) in [5.41, 5.74) is 7.77. The highest BCUT2D eigenvalue weighted by Gasteiger charge is 2.29. The molecule has 0 saturated carbocycles. The van der Waals surface area contributed by atoms with E-state index in [9.17, 15) is 8.42 Å². The number of aryl methyl sites for hydroxylation is 1. The molecule has 3 heterocycles. The van der Waals surface area contributed by atoms with Gasteiger partial charge < -0.3 is 15.5 Å². The van der Waals surface area contributed by atoms with Crippen LogP contribution in [-0.2, 0) is 22.0 Å². The van der Waals surface area contributed by atoms with Gasteiger partial charge in [0.05, 0.1) is 17.3 Å². The van der Waals surface area contributed by atoms with Crippen LogP contribution in [0.2, 0.25) is 0 Å². The summed E-state index contributed by atoms with van der Waals surface area (Å²) in [6.07, 6.45) is 1.10. The molecular weight excluding hydrogens is 426 g/mol. The molecule has 1 fully saturated rings. The lowest BCUT2D eigenvalue weighted by atomic mass is 10.1. The fraction of sp³-hybridized carbons (Fsp3) is 0.389. The van der Waals surface area contributed by atoms with E-state index in [0.29, 0.717) is 41.5 Å². The highest BCUT2D eigenvalue weighted by molar-refractivity contribution is 7.98. The van der Waals surface area contributed by atoms with Crippen molar-refractivity contribution in [2.24, 2.45) is 5.92 Å². The minimum Gasteiger partial charge on any atom is -0.416 e. The Morgan fingerprint density at radius 2 is 2.07 bits per heavy atom. The number of thioether (sulfide) groups is 1. The molecule has 12 heteroatoms. The molecule has 1 aliphatic rings. The molecule has 4 rings (SSSR count). The molecule has 158 valence electrons. The predicted molar refractivity (Wildman–Crippen MR) is 113 cm³/mol. The Labute approximate surface area is 178 Å². The number of nitrogens with one attached hydrogen (secondary N) is 1. The minimum atomic E-state index is -2.92. The van der Waals surface area contributed by atoms with Crippen LogP contribution in [0.25, 0.3) is 0 Å². The molecule has 0 aliphatic carbocycles. The molecule has 1 aromatic carbocycles. The molecule has 1 aliphatic heterocycles. The van der Waals surface area contributed by atoms with E-state index < -0.39 is 9.84 Å². The second-order valence-corrected chi connectivity index (χ2v) is 10.3. The molecule has 0 radical (unpaired) electrons. The molecule has 0 unspecified atom stereocenters. The number of hydrogen-bond acceptors (Lipinski definition) is 11. The van der Waals surface area contributed by atoms with Crippen LogP contribution in [-0.4, -0.2) is 45.1 Å². The van der Waals surface area contributed by atoms with Crippen molar-refractivity contribution in [3.05, 3.63) is 41.5 Å². The SMILES string of the molecule is Cc1ccccc1Nc1nc(N)nc(CSc2nnc(C[C@H]3CCS(=O)(=O)C3)o2)n1. The summed E-state index contributed by atoms with van der Waals surface area (Å²) in [5.74, 6) is 2.21. The van der Waals surface area contributed by atoms with Gasteiger partial charge in [0, 0.05) is 12.1 Å². The van der Waals surface area contributed by atoms with Crippen LogP contribution >= 0.6 is 11.8 Å². The Morgan fingerprint density at radius 1 is 1.23 bits per heavy atom. The number of anilines is 3. The van der Waals surface area contributed by atoms with Crippen molar-refractivity contribution in [3.8, 4) is 0 Å². The number of nitrogen functional groups attached to an aromatic ring is 1. The summed E-state index contributed by atoms with van der Waals surface area (Å²) in [5, 5.41) is 11.6. The van der Waals surface area contributed by atoms with Crippen LogP contribution < -0.4 is 11.1 Å². The summed E-state index contributed by atoms with van der Waals surface area (Å²) >= 11 is 1.28. The summed E-state index contributed by atoms with van der Waals surface area (Å²) in [7, 11) is -2.92. The summed E-state index contributed by atoms with van der Waals surface area (Å²) in [4.78, 5) is 12.7. The van der Waals surface area contributed by atoms with Gasteiger partial charge in [-0.25, -0.2) is 8.42 Å². The third-order valence-corrected chi connectivity index (χ3v) is 7.31. The monoisotopic (exact) mass is 447 g/mol. The van der Waals surface area contributed by atoms with Gasteiger partial charge in [-0.1, -0.05) is 30.0 Å².